The second-order valence-corrected chi connectivity index (χ2v) is 4.89. The first kappa shape index (κ1) is 17.3. The van der Waals surface area contributed by atoms with Crippen LogP contribution in [-0.2, 0) is 18.3 Å². The second kappa shape index (κ2) is 8.51. The molecule has 0 aliphatic carbocycles. The van der Waals surface area contributed by atoms with E-state index in [-0.39, 0.29) is 17.1 Å². The summed E-state index contributed by atoms with van der Waals surface area (Å²) in [5.41, 5.74) is 5.53. The van der Waals surface area contributed by atoms with Gasteiger partial charge in [0.05, 0.1) is 0 Å². The number of rotatable bonds is 9. The summed E-state index contributed by atoms with van der Waals surface area (Å²) in [6.45, 7) is 6.36. The molecule has 1 aromatic rings. The molecule has 1 rings (SSSR count). The Morgan fingerprint density at radius 1 is 1.24 bits per heavy atom. The molecular formula is C14H26N4O3. The van der Waals surface area contributed by atoms with Gasteiger partial charge >= 0.3 is 5.69 Å². The lowest BCUT2D eigenvalue weighted by molar-refractivity contribution is 0.147. The highest BCUT2D eigenvalue weighted by molar-refractivity contribution is 5.60. The maximum atomic E-state index is 12.1. The van der Waals surface area contributed by atoms with Crippen molar-refractivity contribution in [3.63, 3.8) is 0 Å². The second-order valence-electron chi connectivity index (χ2n) is 4.89. The van der Waals surface area contributed by atoms with Gasteiger partial charge in [0, 0.05) is 33.4 Å². The van der Waals surface area contributed by atoms with Gasteiger partial charge in [-0.3, -0.25) is 13.9 Å². The minimum atomic E-state index is -0.387. The van der Waals surface area contributed by atoms with Crippen LogP contribution >= 0.6 is 0 Å². The zero-order chi connectivity index (χ0) is 15.8. The number of nitrogen functional groups attached to an aromatic ring is 1. The van der Waals surface area contributed by atoms with E-state index in [1.54, 1.807) is 0 Å². The van der Waals surface area contributed by atoms with Crippen molar-refractivity contribution in [3.05, 3.63) is 20.8 Å². The molecular weight excluding hydrogens is 272 g/mol. The Balaban J connectivity index is 2.94. The number of hydrogen-bond donors (Lipinski definition) is 2. The van der Waals surface area contributed by atoms with Crippen molar-refractivity contribution in [2.45, 2.75) is 39.7 Å². The van der Waals surface area contributed by atoms with E-state index in [0.717, 1.165) is 23.8 Å². The molecule has 0 radical (unpaired) electrons. The molecule has 0 unspecified atom stereocenters. The lowest BCUT2D eigenvalue weighted by atomic mass is 10.3. The summed E-state index contributed by atoms with van der Waals surface area (Å²) >= 11 is 0. The van der Waals surface area contributed by atoms with Crippen LogP contribution in [0.2, 0.25) is 0 Å². The third-order valence-corrected chi connectivity index (χ3v) is 3.29. The standard InChI is InChI=1S/C14H26N4O3/c1-4-6-9-18-12(15)11(13(19)17(3)14(18)20)16-8-7-10-21-5-2/h16H,4-10,15H2,1-3H3. The highest BCUT2D eigenvalue weighted by atomic mass is 16.5. The first-order chi connectivity index (χ1) is 10.0. The van der Waals surface area contributed by atoms with E-state index in [0.29, 0.717) is 32.0 Å². The third-order valence-electron chi connectivity index (χ3n) is 3.29. The topological polar surface area (TPSA) is 91.3 Å². The van der Waals surface area contributed by atoms with E-state index in [9.17, 15) is 9.59 Å². The highest BCUT2D eigenvalue weighted by Gasteiger charge is 2.14. The molecule has 7 heteroatoms. The van der Waals surface area contributed by atoms with Gasteiger partial charge in [-0.25, -0.2) is 4.79 Å². The van der Waals surface area contributed by atoms with Crippen LogP contribution in [-0.4, -0.2) is 28.9 Å². The average molecular weight is 298 g/mol. The van der Waals surface area contributed by atoms with Crippen molar-refractivity contribution in [2.24, 2.45) is 7.05 Å². The summed E-state index contributed by atoms with van der Waals surface area (Å²) in [6.07, 6.45) is 2.56. The third kappa shape index (κ3) is 4.35. The molecule has 0 fully saturated rings. The van der Waals surface area contributed by atoms with Crippen LogP contribution in [0.25, 0.3) is 0 Å². The van der Waals surface area contributed by atoms with Crippen LogP contribution in [0.5, 0.6) is 0 Å². The van der Waals surface area contributed by atoms with Crippen molar-refractivity contribution >= 4 is 11.5 Å². The van der Waals surface area contributed by atoms with Crippen LogP contribution < -0.4 is 22.3 Å². The SMILES string of the molecule is CCCCn1c(N)c(NCCCOCC)c(=O)n(C)c1=O. The van der Waals surface area contributed by atoms with Gasteiger partial charge in [-0.05, 0) is 19.8 Å². The Labute approximate surface area is 124 Å². The molecule has 0 bridgehead atoms. The monoisotopic (exact) mass is 298 g/mol. The number of anilines is 2. The molecule has 0 aliphatic heterocycles. The van der Waals surface area contributed by atoms with Gasteiger partial charge in [0.2, 0.25) is 0 Å². The maximum absolute atomic E-state index is 12.1. The molecule has 0 aromatic carbocycles. The van der Waals surface area contributed by atoms with E-state index >= 15 is 0 Å². The van der Waals surface area contributed by atoms with Crippen molar-refractivity contribution in [2.75, 3.05) is 30.8 Å². The van der Waals surface area contributed by atoms with Gasteiger partial charge in [0.1, 0.15) is 11.5 Å². The molecule has 21 heavy (non-hydrogen) atoms. The Kier molecular flexibility index (Phi) is 7.01. The summed E-state index contributed by atoms with van der Waals surface area (Å²) in [5, 5.41) is 3.03. The zero-order valence-corrected chi connectivity index (χ0v) is 13.1. The van der Waals surface area contributed by atoms with Crippen molar-refractivity contribution < 1.29 is 4.74 Å². The lowest BCUT2D eigenvalue weighted by Crippen LogP contribution is -2.41. The van der Waals surface area contributed by atoms with E-state index in [1.807, 2.05) is 13.8 Å². The maximum Gasteiger partial charge on any atom is 0.332 e. The zero-order valence-electron chi connectivity index (χ0n) is 13.1. The minimum absolute atomic E-state index is 0.216. The molecule has 3 N–H and O–H groups in total. The number of nitrogens with zero attached hydrogens (tertiary/aromatic N) is 2. The fourth-order valence-electron chi connectivity index (χ4n) is 2.01. The molecule has 0 atom stereocenters. The first-order valence-corrected chi connectivity index (χ1v) is 7.45. The first-order valence-electron chi connectivity index (χ1n) is 7.45. The van der Waals surface area contributed by atoms with Crippen molar-refractivity contribution in [1.29, 1.82) is 0 Å². The fourth-order valence-corrected chi connectivity index (χ4v) is 2.01. The van der Waals surface area contributed by atoms with E-state index < -0.39 is 0 Å². The number of nitrogens with one attached hydrogen (secondary N) is 1. The molecule has 120 valence electrons. The van der Waals surface area contributed by atoms with Gasteiger partial charge in [0.15, 0.2) is 0 Å². The van der Waals surface area contributed by atoms with Crippen LogP contribution in [0.4, 0.5) is 11.5 Å². The summed E-state index contributed by atoms with van der Waals surface area (Å²) in [6, 6.07) is 0. The Hall–Kier alpha value is -1.76. The van der Waals surface area contributed by atoms with Gasteiger partial charge in [-0.1, -0.05) is 13.3 Å². The summed E-state index contributed by atoms with van der Waals surface area (Å²) < 4.78 is 7.79. The summed E-state index contributed by atoms with van der Waals surface area (Å²) in [7, 11) is 1.47. The molecule has 0 spiro atoms. The van der Waals surface area contributed by atoms with Gasteiger partial charge in [-0.2, -0.15) is 0 Å². The number of unbranched alkanes of at least 4 members (excludes halogenated alkanes) is 1. The molecule has 1 heterocycles. The number of ether oxygens (including phenoxy) is 1. The van der Waals surface area contributed by atoms with E-state index in [4.69, 9.17) is 10.5 Å². The molecule has 7 nitrogen and oxygen atoms in total. The Morgan fingerprint density at radius 2 is 1.95 bits per heavy atom. The molecule has 0 aliphatic rings. The van der Waals surface area contributed by atoms with Gasteiger partial charge in [0.25, 0.3) is 5.56 Å². The molecule has 0 amide bonds. The predicted octanol–water partition coefficient (Wildman–Crippen LogP) is 0.768. The van der Waals surface area contributed by atoms with Crippen LogP contribution in [0, 0.1) is 0 Å². The Morgan fingerprint density at radius 3 is 2.57 bits per heavy atom. The van der Waals surface area contributed by atoms with Gasteiger partial charge in [-0.15, -0.1) is 0 Å². The normalized spacial score (nSPS) is 10.8. The quantitative estimate of drug-likeness (QED) is 0.657. The molecule has 0 saturated carbocycles. The van der Waals surface area contributed by atoms with Gasteiger partial charge < -0.3 is 15.8 Å². The summed E-state index contributed by atoms with van der Waals surface area (Å²) in [5.74, 6) is 0.216. The average Bonchev–Trinajstić information content (AvgIpc) is 2.48. The van der Waals surface area contributed by atoms with E-state index in [2.05, 4.69) is 5.32 Å². The van der Waals surface area contributed by atoms with Crippen LogP contribution in [0.1, 0.15) is 33.1 Å². The minimum Gasteiger partial charge on any atom is -0.383 e. The highest BCUT2D eigenvalue weighted by Crippen LogP contribution is 2.11. The number of hydrogen-bond acceptors (Lipinski definition) is 5. The number of aromatic nitrogens is 2. The van der Waals surface area contributed by atoms with Crippen LogP contribution in [0.15, 0.2) is 9.59 Å². The fraction of sp³-hybridized carbons (Fsp3) is 0.714. The van der Waals surface area contributed by atoms with E-state index in [1.165, 1.54) is 11.6 Å². The largest absolute Gasteiger partial charge is 0.383 e. The van der Waals surface area contributed by atoms with Crippen LogP contribution in [0.3, 0.4) is 0 Å². The van der Waals surface area contributed by atoms with Crippen molar-refractivity contribution in [3.8, 4) is 0 Å². The Bertz CT molecular complexity index is 563. The van der Waals surface area contributed by atoms with Crippen molar-refractivity contribution in [1.82, 2.24) is 9.13 Å². The predicted molar refractivity (Wildman–Crippen MR) is 84.9 cm³/mol. The summed E-state index contributed by atoms with van der Waals surface area (Å²) in [4.78, 5) is 24.2. The molecule has 0 saturated heterocycles. The number of nitrogens with two attached hydrogens (primary N) is 1. The molecule has 1 aromatic heterocycles. The smallest absolute Gasteiger partial charge is 0.332 e. The lowest BCUT2D eigenvalue weighted by Gasteiger charge is -2.15.